The molecule has 0 atom stereocenters. The van der Waals surface area contributed by atoms with Gasteiger partial charge in [0.15, 0.2) is 0 Å². The molecule has 98 valence electrons. The third-order valence-corrected chi connectivity index (χ3v) is 3.80. The van der Waals surface area contributed by atoms with Crippen molar-refractivity contribution in [3.63, 3.8) is 0 Å². The van der Waals surface area contributed by atoms with Crippen molar-refractivity contribution in [2.75, 3.05) is 26.3 Å². The molecule has 0 aliphatic carbocycles. The Morgan fingerprint density at radius 2 is 2.33 bits per heavy atom. The van der Waals surface area contributed by atoms with Gasteiger partial charge in [0.05, 0.1) is 6.61 Å². The first-order valence-electron chi connectivity index (χ1n) is 6.04. The molecule has 4 nitrogen and oxygen atoms in total. The number of hydrogen-bond acceptors (Lipinski definition) is 4. The maximum Gasteiger partial charge on any atom is 0.328 e. The average Bonchev–Trinajstić information content (AvgIpc) is 2.62. The zero-order chi connectivity index (χ0) is 12.8. The van der Waals surface area contributed by atoms with E-state index in [1.165, 1.54) is 11.0 Å². The molecule has 5 heteroatoms. The van der Waals surface area contributed by atoms with Gasteiger partial charge in [-0.05, 0) is 24.6 Å². The topological polar surface area (TPSA) is 49.8 Å². The summed E-state index contributed by atoms with van der Waals surface area (Å²) in [6.45, 7) is 4.62. The second kappa shape index (κ2) is 6.68. The van der Waals surface area contributed by atoms with E-state index in [9.17, 15) is 4.79 Å². The largest absolute Gasteiger partial charge is 0.478 e. The second-order valence-corrected chi connectivity index (χ2v) is 5.42. The Labute approximate surface area is 110 Å². The number of ether oxygens (including phenoxy) is 1. The molecule has 0 radical (unpaired) electrons. The first-order chi connectivity index (χ1) is 8.74. The lowest BCUT2D eigenvalue weighted by molar-refractivity contribution is -0.131. The summed E-state index contributed by atoms with van der Waals surface area (Å²) in [6.07, 6.45) is 3.90. The van der Waals surface area contributed by atoms with Gasteiger partial charge in [-0.3, -0.25) is 4.90 Å². The molecule has 0 spiro atoms. The third kappa shape index (κ3) is 4.25. The van der Waals surface area contributed by atoms with Crippen molar-refractivity contribution in [3.05, 3.63) is 28.0 Å². The van der Waals surface area contributed by atoms with Gasteiger partial charge >= 0.3 is 5.97 Å². The highest BCUT2D eigenvalue weighted by atomic mass is 32.1. The minimum Gasteiger partial charge on any atom is -0.478 e. The molecule has 1 aliphatic rings. The zero-order valence-electron chi connectivity index (χ0n) is 10.2. The van der Waals surface area contributed by atoms with Crippen molar-refractivity contribution in [1.82, 2.24) is 4.90 Å². The van der Waals surface area contributed by atoms with Gasteiger partial charge in [-0.1, -0.05) is 0 Å². The lowest BCUT2D eigenvalue weighted by atomic mass is 10.3. The van der Waals surface area contributed by atoms with Crippen LogP contribution in [-0.2, 0) is 16.1 Å². The third-order valence-electron chi connectivity index (χ3n) is 2.77. The Kier molecular flexibility index (Phi) is 4.92. The van der Waals surface area contributed by atoms with Gasteiger partial charge in [0, 0.05) is 42.1 Å². The molecule has 1 fully saturated rings. The summed E-state index contributed by atoms with van der Waals surface area (Å²) in [5.74, 6) is -0.908. The van der Waals surface area contributed by atoms with Crippen LogP contribution in [0.2, 0.25) is 0 Å². The van der Waals surface area contributed by atoms with Crippen LogP contribution in [0.15, 0.2) is 18.2 Å². The molecule has 0 saturated carbocycles. The molecule has 2 rings (SSSR count). The molecule has 18 heavy (non-hydrogen) atoms. The van der Waals surface area contributed by atoms with Crippen LogP contribution < -0.4 is 0 Å². The Bertz CT molecular complexity index is 420. The van der Waals surface area contributed by atoms with Crippen LogP contribution in [0.25, 0.3) is 6.08 Å². The standard InChI is InChI=1S/C13H17NO3S/c15-13(16)5-4-11-2-3-12(18-11)10-14-6-1-8-17-9-7-14/h2-5H,1,6-10H2,(H,15,16). The zero-order valence-corrected chi connectivity index (χ0v) is 11.0. The lowest BCUT2D eigenvalue weighted by Gasteiger charge is -2.17. The Hall–Kier alpha value is -1.17. The number of thiophene rings is 1. The highest BCUT2D eigenvalue weighted by Crippen LogP contribution is 2.20. The normalized spacial score (nSPS) is 18.0. The van der Waals surface area contributed by atoms with Crippen molar-refractivity contribution in [1.29, 1.82) is 0 Å². The Balaban J connectivity index is 1.91. The quantitative estimate of drug-likeness (QED) is 0.848. The first kappa shape index (κ1) is 13.3. The smallest absolute Gasteiger partial charge is 0.328 e. The number of carboxylic acid groups (broad SMARTS) is 1. The molecular formula is C13H17NO3S. The number of nitrogens with zero attached hydrogens (tertiary/aromatic N) is 1. The van der Waals surface area contributed by atoms with E-state index in [0.717, 1.165) is 44.1 Å². The van der Waals surface area contributed by atoms with E-state index in [-0.39, 0.29) is 0 Å². The molecule has 1 aromatic rings. The first-order valence-corrected chi connectivity index (χ1v) is 6.85. The maximum absolute atomic E-state index is 10.4. The second-order valence-electron chi connectivity index (χ2n) is 4.22. The van der Waals surface area contributed by atoms with Gasteiger partial charge < -0.3 is 9.84 Å². The monoisotopic (exact) mass is 267 g/mol. The lowest BCUT2D eigenvalue weighted by Crippen LogP contribution is -2.25. The van der Waals surface area contributed by atoms with Gasteiger partial charge in [0.1, 0.15) is 0 Å². The summed E-state index contributed by atoms with van der Waals surface area (Å²) in [7, 11) is 0. The van der Waals surface area contributed by atoms with Crippen molar-refractivity contribution in [2.24, 2.45) is 0 Å². The predicted octanol–water partition coefficient (Wildman–Crippen LogP) is 2.07. The van der Waals surface area contributed by atoms with E-state index in [0.29, 0.717) is 0 Å². The fourth-order valence-electron chi connectivity index (χ4n) is 1.90. The van der Waals surface area contributed by atoms with E-state index in [4.69, 9.17) is 9.84 Å². The van der Waals surface area contributed by atoms with Crippen LogP contribution in [0.3, 0.4) is 0 Å². The Morgan fingerprint density at radius 1 is 1.44 bits per heavy atom. The number of rotatable bonds is 4. The molecule has 0 bridgehead atoms. The van der Waals surface area contributed by atoms with Crippen LogP contribution in [-0.4, -0.2) is 42.3 Å². The van der Waals surface area contributed by atoms with Gasteiger partial charge in [-0.2, -0.15) is 0 Å². The number of carbonyl (C=O) groups is 1. The minimum atomic E-state index is -0.908. The average molecular weight is 267 g/mol. The fourth-order valence-corrected chi connectivity index (χ4v) is 2.86. The molecule has 1 aromatic heterocycles. The van der Waals surface area contributed by atoms with E-state index >= 15 is 0 Å². The van der Waals surface area contributed by atoms with Gasteiger partial charge in [-0.15, -0.1) is 11.3 Å². The summed E-state index contributed by atoms with van der Waals surface area (Å²) >= 11 is 1.64. The molecule has 1 saturated heterocycles. The van der Waals surface area contributed by atoms with Gasteiger partial charge in [0.2, 0.25) is 0 Å². The minimum absolute atomic E-state index is 0.803. The molecule has 0 aromatic carbocycles. The molecule has 0 amide bonds. The predicted molar refractivity (Wildman–Crippen MR) is 71.7 cm³/mol. The maximum atomic E-state index is 10.4. The number of carboxylic acids is 1. The van der Waals surface area contributed by atoms with Gasteiger partial charge in [-0.25, -0.2) is 4.79 Å². The molecule has 1 aliphatic heterocycles. The highest BCUT2D eigenvalue weighted by molar-refractivity contribution is 7.12. The summed E-state index contributed by atoms with van der Waals surface area (Å²) in [5.41, 5.74) is 0. The van der Waals surface area contributed by atoms with Crippen molar-refractivity contribution in [2.45, 2.75) is 13.0 Å². The molecule has 2 heterocycles. The van der Waals surface area contributed by atoms with Crippen LogP contribution in [0.5, 0.6) is 0 Å². The molecule has 0 unspecified atom stereocenters. The summed E-state index contributed by atoms with van der Waals surface area (Å²) < 4.78 is 5.42. The van der Waals surface area contributed by atoms with Crippen molar-refractivity contribution in [3.8, 4) is 0 Å². The van der Waals surface area contributed by atoms with E-state index < -0.39 is 5.97 Å². The van der Waals surface area contributed by atoms with Gasteiger partial charge in [0.25, 0.3) is 0 Å². The number of hydrogen-bond donors (Lipinski definition) is 1. The van der Waals surface area contributed by atoms with Crippen LogP contribution in [0.1, 0.15) is 16.2 Å². The van der Waals surface area contributed by atoms with Crippen LogP contribution >= 0.6 is 11.3 Å². The number of aliphatic carboxylic acids is 1. The highest BCUT2D eigenvalue weighted by Gasteiger charge is 2.10. The fraction of sp³-hybridized carbons (Fsp3) is 0.462. The van der Waals surface area contributed by atoms with Crippen molar-refractivity contribution < 1.29 is 14.6 Å². The molecule has 1 N–H and O–H groups in total. The summed E-state index contributed by atoms with van der Waals surface area (Å²) in [5, 5.41) is 8.57. The SMILES string of the molecule is O=C(O)C=Cc1ccc(CN2CCCOCC2)s1. The summed E-state index contributed by atoms with van der Waals surface area (Å²) in [6, 6.07) is 4.03. The van der Waals surface area contributed by atoms with Crippen LogP contribution in [0.4, 0.5) is 0 Å². The van der Waals surface area contributed by atoms with E-state index in [1.807, 2.05) is 6.07 Å². The van der Waals surface area contributed by atoms with E-state index in [2.05, 4.69) is 11.0 Å². The molecular weight excluding hydrogens is 250 g/mol. The van der Waals surface area contributed by atoms with E-state index in [1.54, 1.807) is 17.4 Å². The summed E-state index contributed by atoms with van der Waals surface area (Å²) in [4.78, 5) is 15.1. The Morgan fingerprint density at radius 3 is 3.17 bits per heavy atom. The van der Waals surface area contributed by atoms with Crippen molar-refractivity contribution >= 4 is 23.4 Å². The van der Waals surface area contributed by atoms with Crippen LogP contribution in [0, 0.1) is 0 Å².